The van der Waals surface area contributed by atoms with Crippen LogP contribution in [0.15, 0.2) is 18.2 Å². The zero-order chi connectivity index (χ0) is 13.0. The van der Waals surface area contributed by atoms with E-state index < -0.39 is 0 Å². The lowest BCUT2D eigenvalue weighted by atomic mass is 9.99. The molecule has 0 spiro atoms. The van der Waals surface area contributed by atoms with Crippen LogP contribution in [0.1, 0.15) is 41.9 Å². The molecule has 4 nitrogen and oxygen atoms in total. The molecule has 0 aromatic carbocycles. The Kier molecular flexibility index (Phi) is 4.31. The number of likely N-dealkylation sites (tertiary alicyclic amines) is 1. The molecule has 1 aliphatic rings. The van der Waals surface area contributed by atoms with Gasteiger partial charge in [-0.05, 0) is 51.3 Å². The Hall–Kier alpha value is -1.42. The molecule has 4 heteroatoms. The van der Waals surface area contributed by atoms with Gasteiger partial charge in [-0.1, -0.05) is 6.07 Å². The van der Waals surface area contributed by atoms with Crippen LogP contribution < -0.4 is 5.73 Å². The fourth-order valence-corrected chi connectivity index (χ4v) is 2.57. The molecule has 1 aliphatic heterocycles. The molecule has 1 aromatic rings. The molecule has 1 atom stereocenters. The summed E-state index contributed by atoms with van der Waals surface area (Å²) in [5, 5.41) is 0. The Morgan fingerprint density at radius 1 is 1.50 bits per heavy atom. The van der Waals surface area contributed by atoms with Crippen LogP contribution in [0, 0.1) is 6.92 Å². The Bertz CT molecular complexity index is 417. The Balaban J connectivity index is 2.15. The van der Waals surface area contributed by atoms with Gasteiger partial charge in [0.2, 0.25) is 0 Å². The summed E-state index contributed by atoms with van der Waals surface area (Å²) in [4.78, 5) is 18.7. The van der Waals surface area contributed by atoms with Crippen molar-refractivity contribution in [3.05, 3.63) is 29.6 Å². The van der Waals surface area contributed by atoms with Crippen LogP contribution in [0.3, 0.4) is 0 Å². The molecule has 2 rings (SSSR count). The van der Waals surface area contributed by atoms with Gasteiger partial charge in [0.05, 0.1) is 0 Å². The van der Waals surface area contributed by atoms with E-state index in [1.54, 1.807) is 6.07 Å². The second-order valence-electron chi connectivity index (χ2n) is 4.89. The fraction of sp³-hybridized carbons (Fsp3) is 0.571. The van der Waals surface area contributed by atoms with Crippen LogP contribution >= 0.6 is 0 Å². The predicted octanol–water partition coefficient (Wildman–Crippen LogP) is 1.73. The maximum absolute atomic E-state index is 12.5. The Morgan fingerprint density at radius 3 is 3.06 bits per heavy atom. The van der Waals surface area contributed by atoms with Crippen molar-refractivity contribution in [2.75, 3.05) is 13.1 Å². The number of carbonyl (C=O) groups is 1. The van der Waals surface area contributed by atoms with Crippen molar-refractivity contribution in [3.8, 4) is 0 Å². The van der Waals surface area contributed by atoms with Gasteiger partial charge in [0, 0.05) is 18.3 Å². The molecule has 0 radical (unpaired) electrons. The predicted molar refractivity (Wildman–Crippen MR) is 71.3 cm³/mol. The van der Waals surface area contributed by atoms with E-state index in [0.717, 1.165) is 31.5 Å². The number of hydrogen-bond donors (Lipinski definition) is 1. The van der Waals surface area contributed by atoms with Crippen molar-refractivity contribution in [1.82, 2.24) is 9.88 Å². The SMILES string of the molecule is Cc1cccc(C(=O)N2CCCCC2CCN)n1. The molecule has 18 heavy (non-hydrogen) atoms. The third-order valence-corrected chi connectivity index (χ3v) is 3.50. The molecule has 1 amide bonds. The minimum atomic E-state index is 0.0526. The highest BCUT2D eigenvalue weighted by Gasteiger charge is 2.27. The van der Waals surface area contributed by atoms with Crippen molar-refractivity contribution in [3.63, 3.8) is 0 Å². The molecule has 0 saturated carbocycles. The summed E-state index contributed by atoms with van der Waals surface area (Å²) in [5.74, 6) is 0.0526. The smallest absolute Gasteiger partial charge is 0.272 e. The lowest BCUT2D eigenvalue weighted by molar-refractivity contribution is 0.0598. The van der Waals surface area contributed by atoms with E-state index in [9.17, 15) is 4.79 Å². The molecular formula is C14H21N3O. The van der Waals surface area contributed by atoms with Crippen LogP contribution in [0.5, 0.6) is 0 Å². The van der Waals surface area contributed by atoms with E-state index in [0.29, 0.717) is 18.3 Å². The van der Waals surface area contributed by atoms with Crippen molar-refractivity contribution in [1.29, 1.82) is 0 Å². The quantitative estimate of drug-likeness (QED) is 0.885. The number of pyridine rings is 1. The lowest BCUT2D eigenvalue weighted by Gasteiger charge is -2.35. The summed E-state index contributed by atoms with van der Waals surface area (Å²) in [6, 6.07) is 5.88. The first kappa shape index (κ1) is 13.0. The van der Waals surface area contributed by atoms with E-state index >= 15 is 0 Å². The molecule has 1 aromatic heterocycles. The zero-order valence-electron chi connectivity index (χ0n) is 10.9. The standard InChI is InChI=1S/C14H21N3O/c1-11-5-4-7-13(16-11)14(18)17-10-3-2-6-12(17)8-9-15/h4-5,7,12H,2-3,6,8-10,15H2,1H3. The summed E-state index contributed by atoms with van der Waals surface area (Å²) in [6.45, 7) is 3.37. The highest BCUT2D eigenvalue weighted by molar-refractivity contribution is 5.92. The van der Waals surface area contributed by atoms with Crippen LogP contribution in [-0.2, 0) is 0 Å². The third-order valence-electron chi connectivity index (χ3n) is 3.50. The summed E-state index contributed by atoms with van der Waals surface area (Å²) < 4.78 is 0. The van der Waals surface area contributed by atoms with Crippen molar-refractivity contribution in [2.45, 2.75) is 38.6 Å². The van der Waals surface area contributed by atoms with E-state index in [2.05, 4.69) is 4.98 Å². The Morgan fingerprint density at radius 2 is 2.33 bits per heavy atom. The number of nitrogens with zero attached hydrogens (tertiary/aromatic N) is 2. The highest BCUT2D eigenvalue weighted by atomic mass is 16.2. The van der Waals surface area contributed by atoms with Gasteiger partial charge in [-0.3, -0.25) is 4.79 Å². The third kappa shape index (κ3) is 2.88. The van der Waals surface area contributed by atoms with Gasteiger partial charge in [0.25, 0.3) is 5.91 Å². The van der Waals surface area contributed by atoms with Gasteiger partial charge in [-0.2, -0.15) is 0 Å². The summed E-state index contributed by atoms with van der Waals surface area (Å²) in [6.07, 6.45) is 4.22. The molecule has 2 heterocycles. The van der Waals surface area contributed by atoms with Crippen LogP contribution in [-0.4, -0.2) is 34.9 Å². The maximum Gasteiger partial charge on any atom is 0.272 e. The van der Waals surface area contributed by atoms with Crippen LogP contribution in [0.2, 0.25) is 0 Å². The van der Waals surface area contributed by atoms with Gasteiger partial charge in [0.1, 0.15) is 5.69 Å². The lowest BCUT2D eigenvalue weighted by Crippen LogP contribution is -2.44. The van der Waals surface area contributed by atoms with Crippen molar-refractivity contribution >= 4 is 5.91 Å². The van der Waals surface area contributed by atoms with Gasteiger partial charge >= 0.3 is 0 Å². The molecule has 0 aliphatic carbocycles. The van der Waals surface area contributed by atoms with E-state index in [4.69, 9.17) is 5.73 Å². The number of amides is 1. The molecular weight excluding hydrogens is 226 g/mol. The van der Waals surface area contributed by atoms with E-state index in [1.807, 2.05) is 24.0 Å². The molecule has 0 bridgehead atoms. The van der Waals surface area contributed by atoms with Gasteiger partial charge in [-0.15, -0.1) is 0 Å². The number of piperidine rings is 1. The summed E-state index contributed by atoms with van der Waals surface area (Å²) in [7, 11) is 0. The molecule has 1 fully saturated rings. The molecule has 1 unspecified atom stereocenters. The second kappa shape index (κ2) is 5.96. The monoisotopic (exact) mass is 247 g/mol. The summed E-state index contributed by atoms with van der Waals surface area (Å²) >= 11 is 0. The number of nitrogens with two attached hydrogens (primary N) is 1. The van der Waals surface area contributed by atoms with E-state index in [1.165, 1.54) is 6.42 Å². The zero-order valence-corrected chi connectivity index (χ0v) is 10.9. The molecule has 1 saturated heterocycles. The van der Waals surface area contributed by atoms with E-state index in [-0.39, 0.29) is 5.91 Å². The van der Waals surface area contributed by atoms with Crippen molar-refractivity contribution < 1.29 is 4.79 Å². The van der Waals surface area contributed by atoms with Crippen molar-refractivity contribution in [2.24, 2.45) is 5.73 Å². The number of carbonyl (C=O) groups excluding carboxylic acids is 1. The normalized spacial score (nSPS) is 19.9. The largest absolute Gasteiger partial charge is 0.334 e. The Labute approximate surface area is 108 Å². The van der Waals surface area contributed by atoms with Crippen LogP contribution in [0.4, 0.5) is 0 Å². The highest BCUT2D eigenvalue weighted by Crippen LogP contribution is 2.21. The number of aromatic nitrogens is 1. The summed E-state index contributed by atoms with van der Waals surface area (Å²) in [5.41, 5.74) is 7.07. The minimum Gasteiger partial charge on any atom is -0.334 e. The molecule has 2 N–H and O–H groups in total. The van der Waals surface area contributed by atoms with Gasteiger partial charge < -0.3 is 10.6 Å². The average molecular weight is 247 g/mol. The second-order valence-corrected chi connectivity index (χ2v) is 4.89. The van der Waals surface area contributed by atoms with Crippen LogP contribution in [0.25, 0.3) is 0 Å². The maximum atomic E-state index is 12.5. The first-order chi connectivity index (χ1) is 8.72. The fourth-order valence-electron chi connectivity index (χ4n) is 2.57. The number of aryl methyl sites for hydroxylation is 1. The van der Waals surface area contributed by atoms with Gasteiger partial charge in [-0.25, -0.2) is 4.98 Å². The topological polar surface area (TPSA) is 59.2 Å². The first-order valence-corrected chi connectivity index (χ1v) is 6.67. The average Bonchev–Trinajstić information content (AvgIpc) is 2.39. The van der Waals surface area contributed by atoms with Gasteiger partial charge in [0.15, 0.2) is 0 Å². The first-order valence-electron chi connectivity index (χ1n) is 6.67. The number of hydrogen-bond acceptors (Lipinski definition) is 3. The molecule has 98 valence electrons. The minimum absolute atomic E-state index is 0.0526. The number of rotatable bonds is 3.